The molecule has 2 aromatic rings. The molecule has 62 valence electrons. The van der Waals surface area contributed by atoms with Crippen LogP contribution in [-0.4, -0.2) is 19.9 Å². The van der Waals surface area contributed by atoms with Gasteiger partial charge < -0.3 is 4.98 Å². The Labute approximate surface area is 81.5 Å². The summed E-state index contributed by atoms with van der Waals surface area (Å²) in [6, 6.07) is 0. The highest BCUT2D eigenvalue weighted by atomic mass is 79.9. The molecule has 0 amide bonds. The molecule has 0 unspecified atom stereocenters. The van der Waals surface area contributed by atoms with Gasteiger partial charge >= 0.3 is 0 Å². The smallest absolute Gasteiger partial charge is 0.183 e. The molecule has 12 heavy (non-hydrogen) atoms. The highest BCUT2D eigenvalue weighted by molar-refractivity contribution is 9.10. The van der Waals surface area contributed by atoms with Gasteiger partial charge in [0, 0.05) is 0 Å². The van der Waals surface area contributed by atoms with Crippen molar-refractivity contribution < 1.29 is 0 Å². The van der Waals surface area contributed by atoms with E-state index in [2.05, 4.69) is 35.9 Å². The number of hydrogen-bond acceptors (Lipinski definition) is 3. The molecule has 0 spiro atoms. The average molecular weight is 247 g/mol. The van der Waals surface area contributed by atoms with Crippen LogP contribution >= 0.6 is 27.5 Å². The zero-order valence-electron chi connectivity index (χ0n) is 6.10. The molecule has 2 aromatic heterocycles. The van der Waals surface area contributed by atoms with E-state index >= 15 is 0 Å². The molecule has 0 saturated heterocycles. The van der Waals surface area contributed by atoms with Crippen LogP contribution in [0.15, 0.2) is 4.73 Å². The molecular formula is C6H4BrClN4. The van der Waals surface area contributed by atoms with Crippen LogP contribution < -0.4 is 0 Å². The fraction of sp³-hybridized carbons (Fsp3) is 0.167. The van der Waals surface area contributed by atoms with Crippen LogP contribution in [0.25, 0.3) is 11.2 Å². The molecular weight excluding hydrogens is 243 g/mol. The summed E-state index contributed by atoms with van der Waals surface area (Å²) in [5, 5.41) is 0.399. The van der Waals surface area contributed by atoms with Crippen molar-refractivity contribution in [3.05, 3.63) is 15.7 Å². The first kappa shape index (κ1) is 7.94. The van der Waals surface area contributed by atoms with Crippen LogP contribution in [0.4, 0.5) is 0 Å². The Morgan fingerprint density at radius 1 is 1.33 bits per heavy atom. The topological polar surface area (TPSA) is 54.5 Å². The van der Waals surface area contributed by atoms with Gasteiger partial charge in [-0.15, -0.1) is 0 Å². The number of H-pyrrole nitrogens is 1. The molecule has 0 aliphatic heterocycles. The molecule has 6 heteroatoms. The lowest BCUT2D eigenvalue weighted by atomic mass is 10.5. The number of nitrogens with one attached hydrogen (secondary N) is 1. The van der Waals surface area contributed by atoms with Crippen LogP contribution in [0, 0.1) is 6.92 Å². The third-order valence-corrected chi connectivity index (χ3v) is 2.04. The predicted octanol–water partition coefficient (Wildman–Crippen LogP) is 2.08. The number of nitrogens with zero attached hydrogens (tertiary/aromatic N) is 3. The molecule has 0 aliphatic carbocycles. The number of imidazole rings is 1. The van der Waals surface area contributed by atoms with Gasteiger partial charge in [-0.05, 0) is 22.9 Å². The lowest BCUT2D eigenvalue weighted by Crippen LogP contribution is -1.88. The highest BCUT2D eigenvalue weighted by Crippen LogP contribution is 2.19. The first-order valence-electron chi connectivity index (χ1n) is 3.22. The fourth-order valence-corrected chi connectivity index (χ4v) is 1.56. The molecule has 0 fully saturated rings. The number of hydrogen-bond donors (Lipinski definition) is 1. The van der Waals surface area contributed by atoms with Gasteiger partial charge in [0.2, 0.25) is 0 Å². The highest BCUT2D eigenvalue weighted by Gasteiger charge is 2.07. The Morgan fingerprint density at radius 3 is 2.83 bits per heavy atom. The monoisotopic (exact) mass is 246 g/mol. The summed E-state index contributed by atoms with van der Waals surface area (Å²) >= 11 is 9.02. The first-order valence-corrected chi connectivity index (χ1v) is 4.39. The van der Waals surface area contributed by atoms with Crippen molar-refractivity contribution >= 4 is 38.7 Å². The van der Waals surface area contributed by atoms with E-state index in [1.54, 1.807) is 6.92 Å². The Kier molecular flexibility index (Phi) is 1.77. The van der Waals surface area contributed by atoms with Gasteiger partial charge in [0.15, 0.2) is 15.5 Å². The van der Waals surface area contributed by atoms with Crippen LogP contribution in [0.2, 0.25) is 5.15 Å². The van der Waals surface area contributed by atoms with E-state index in [1.807, 2.05) is 0 Å². The third kappa shape index (κ3) is 1.19. The lowest BCUT2D eigenvalue weighted by molar-refractivity contribution is 1.08. The van der Waals surface area contributed by atoms with Crippen molar-refractivity contribution in [2.75, 3.05) is 0 Å². The summed E-state index contributed by atoms with van der Waals surface area (Å²) in [7, 11) is 0. The minimum atomic E-state index is 0.399. The van der Waals surface area contributed by atoms with E-state index in [9.17, 15) is 0 Å². The normalized spacial score (nSPS) is 10.9. The maximum Gasteiger partial charge on any atom is 0.183 e. The molecule has 1 N–H and O–H groups in total. The maximum atomic E-state index is 5.83. The van der Waals surface area contributed by atoms with E-state index in [1.165, 1.54) is 0 Å². The number of halogens is 2. The standard InChI is InChI=1S/C6H4BrClN4/c1-2-9-4(8)3-5(10-2)12-6(7)11-3/h1H3,(H,9,10,11,12). The molecule has 0 saturated carbocycles. The number of aromatic nitrogens is 4. The SMILES string of the molecule is Cc1nc(Cl)c2[nH]c(Br)nc2n1. The van der Waals surface area contributed by atoms with Crippen molar-refractivity contribution in [3.63, 3.8) is 0 Å². The summed E-state index contributed by atoms with van der Waals surface area (Å²) in [6.45, 7) is 1.77. The van der Waals surface area contributed by atoms with Gasteiger partial charge in [-0.2, -0.15) is 0 Å². The zero-order valence-corrected chi connectivity index (χ0v) is 8.44. The summed E-state index contributed by atoms with van der Waals surface area (Å²) < 4.78 is 0.610. The van der Waals surface area contributed by atoms with Gasteiger partial charge in [0.1, 0.15) is 11.3 Å². The second-order valence-corrected chi connectivity index (χ2v) is 3.40. The summed E-state index contributed by atoms with van der Waals surface area (Å²) in [5.74, 6) is 0.617. The number of rotatable bonds is 0. The van der Waals surface area contributed by atoms with Crippen molar-refractivity contribution in [1.29, 1.82) is 0 Å². The van der Waals surface area contributed by atoms with Gasteiger partial charge in [0.25, 0.3) is 0 Å². The van der Waals surface area contributed by atoms with Gasteiger partial charge in [0.05, 0.1) is 0 Å². The molecule has 2 rings (SSSR count). The fourth-order valence-electron chi connectivity index (χ4n) is 0.937. The summed E-state index contributed by atoms with van der Waals surface area (Å²) in [4.78, 5) is 15.0. The van der Waals surface area contributed by atoms with Gasteiger partial charge in [-0.25, -0.2) is 15.0 Å². The Bertz CT molecular complexity index is 438. The van der Waals surface area contributed by atoms with Gasteiger partial charge in [-0.3, -0.25) is 0 Å². The molecule has 0 atom stereocenters. The van der Waals surface area contributed by atoms with E-state index < -0.39 is 0 Å². The zero-order chi connectivity index (χ0) is 8.72. The average Bonchev–Trinajstić information content (AvgIpc) is 2.29. The second-order valence-electron chi connectivity index (χ2n) is 2.29. The molecule has 4 nitrogen and oxygen atoms in total. The molecule has 2 heterocycles. The molecule has 0 aliphatic rings. The largest absolute Gasteiger partial charge is 0.329 e. The molecule has 0 bridgehead atoms. The van der Waals surface area contributed by atoms with E-state index in [0.717, 1.165) is 0 Å². The molecule has 0 radical (unpaired) electrons. The number of aromatic amines is 1. The Hall–Kier alpha value is -0.680. The van der Waals surface area contributed by atoms with Crippen LogP contribution in [0.3, 0.4) is 0 Å². The minimum Gasteiger partial charge on any atom is -0.329 e. The van der Waals surface area contributed by atoms with Crippen LogP contribution in [0.5, 0.6) is 0 Å². The van der Waals surface area contributed by atoms with E-state index in [-0.39, 0.29) is 0 Å². The van der Waals surface area contributed by atoms with Crippen molar-refractivity contribution in [1.82, 2.24) is 19.9 Å². The quantitative estimate of drug-likeness (QED) is 0.573. The van der Waals surface area contributed by atoms with Crippen molar-refractivity contribution in [3.8, 4) is 0 Å². The van der Waals surface area contributed by atoms with E-state index in [0.29, 0.717) is 26.9 Å². The third-order valence-electron chi connectivity index (χ3n) is 1.39. The maximum absolute atomic E-state index is 5.83. The number of aryl methyl sites for hydroxylation is 1. The van der Waals surface area contributed by atoms with Crippen LogP contribution in [0.1, 0.15) is 5.82 Å². The van der Waals surface area contributed by atoms with Crippen molar-refractivity contribution in [2.24, 2.45) is 0 Å². The van der Waals surface area contributed by atoms with Gasteiger partial charge in [-0.1, -0.05) is 11.6 Å². The minimum absolute atomic E-state index is 0.399. The molecule has 0 aromatic carbocycles. The summed E-state index contributed by atoms with van der Waals surface area (Å²) in [6.07, 6.45) is 0. The van der Waals surface area contributed by atoms with Crippen LogP contribution in [-0.2, 0) is 0 Å². The first-order chi connectivity index (χ1) is 5.66. The Morgan fingerprint density at radius 2 is 2.08 bits per heavy atom. The number of fused-ring (bicyclic) bond motifs is 1. The second kappa shape index (κ2) is 2.67. The van der Waals surface area contributed by atoms with E-state index in [4.69, 9.17) is 11.6 Å². The summed E-state index contributed by atoms with van der Waals surface area (Å²) in [5.41, 5.74) is 1.24. The lowest BCUT2D eigenvalue weighted by Gasteiger charge is -1.92. The van der Waals surface area contributed by atoms with Crippen molar-refractivity contribution in [2.45, 2.75) is 6.92 Å². The Balaban J connectivity index is 2.88. The predicted molar refractivity (Wildman–Crippen MR) is 49.1 cm³/mol.